The fraction of sp³-hybridized carbons (Fsp3) is 0.118. The summed E-state index contributed by atoms with van der Waals surface area (Å²) in [6.45, 7) is 0. The van der Waals surface area contributed by atoms with Crippen LogP contribution < -0.4 is 4.74 Å². The second-order valence-electron chi connectivity index (χ2n) is 4.89. The minimum absolute atomic E-state index is 0.132. The second kappa shape index (κ2) is 6.31. The monoisotopic (exact) mass is 310 g/mol. The number of carboxylic acids is 1. The Morgan fingerprint density at radius 3 is 2.61 bits per heavy atom. The quantitative estimate of drug-likeness (QED) is 0.779. The van der Waals surface area contributed by atoms with Crippen molar-refractivity contribution in [3.8, 4) is 17.2 Å². The second-order valence-corrected chi connectivity index (χ2v) is 4.89. The highest BCUT2D eigenvalue weighted by Gasteiger charge is 2.16. The molecule has 0 saturated carbocycles. The van der Waals surface area contributed by atoms with Crippen molar-refractivity contribution in [2.75, 3.05) is 7.11 Å². The molecule has 0 saturated heterocycles. The van der Waals surface area contributed by atoms with Crippen molar-refractivity contribution in [2.24, 2.45) is 0 Å². The molecule has 0 aliphatic rings. The summed E-state index contributed by atoms with van der Waals surface area (Å²) in [5.41, 5.74) is 1.55. The summed E-state index contributed by atoms with van der Waals surface area (Å²) in [6.07, 6.45) is 0.489. The van der Waals surface area contributed by atoms with E-state index in [2.05, 4.69) is 10.1 Å². The smallest absolute Gasteiger partial charge is 0.336 e. The molecule has 2 aromatic carbocycles. The van der Waals surface area contributed by atoms with E-state index >= 15 is 0 Å². The predicted molar refractivity (Wildman–Crippen MR) is 82.5 cm³/mol. The van der Waals surface area contributed by atoms with E-state index in [0.717, 1.165) is 11.3 Å². The van der Waals surface area contributed by atoms with Crippen LogP contribution in [0.15, 0.2) is 53.1 Å². The molecule has 6 heteroatoms. The highest BCUT2D eigenvalue weighted by atomic mass is 16.5. The van der Waals surface area contributed by atoms with Crippen molar-refractivity contribution in [1.29, 1.82) is 0 Å². The minimum Gasteiger partial charge on any atom is -0.497 e. The molecule has 0 amide bonds. The van der Waals surface area contributed by atoms with E-state index in [1.54, 1.807) is 25.3 Å². The van der Waals surface area contributed by atoms with Crippen LogP contribution in [-0.2, 0) is 6.42 Å². The van der Waals surface area contributed by atoms with Gasteiger partial charge in [-0.2, -0.15) is 4.98 Å². The van der Waals surface area contributed by atoms with Gasteiger partial charge in [-0.3, -0.25) is 0 Å². The highest BCUT2D eigenvalue weighted by Crippen LogP contribution is 2.23. The average molecular weight is 310 g/mol. The van der Waals surface area contributed by atoms with Crippen molar-refractivity contribution in [3.63, 3.8) is 0 Å². The third-order valence-corrected chi connectivity index (χ3v) is 3.38. The van der Waals surface area contributed by atoms with Gasteiger partial charge < -0.3 is 14.4 Å². The maximum Gasteiger partial charge on any atom is 0.336 e. The maximum atomic E-state index is 11.3. The normalized spacial score (nSPS) is 10.5. The topological polar surface area (TPSA) is 85.5 Å². The number of nitrogens with zero attached hydrogens (tertiary/aromatic N) is 2. The first-order valence-electron chi connectivity index (χ1n) is 6.95. The zero-order valence-corrected chi connectivity index (χ0v) is 12.4. The molecular weight excluding hydrogens is 296 g/mol. The van der Waals surface area contributed by atoms with Gasteiger partial charge in [-0.25, -0.2) is 4.79 Å². The molecule has 0 aliphatic heterocycles. The number of carboxylic acid groups (broad SMARTS) is 1. The first kappa shape index (κ1) is 14.8. The van der Waals surface area contributed by atoms with Crippen LogP contribution in [0.1, 0.15) is 21.7 Å². The van der Waals surface area contributed by atoms with Crippen molar-refractivity contribution >= 4 is 5.97 Å². The Balaban J connectivity index is 1.84. The van der Waals surface area contributed by atoms with Gasteiger partial charge in [0.2, 0.25) is 0 Å². The van der Waals surface area contributed by atoms with Gasteiger partial charge in [-0.05, 0) is 29.8 Å². The molecule has 1 aromatic heterocycles. The van der Waals surface area contributed by atoms with Crippen LogP contribution in [0.3, 0.4) is 0 Å². The molecule has 3 rings (SSSR count). The number of ether oxygens (including phenoxy) is 1. The van der Waals surface area contributed by atoms with Gasteiger partial charge in [-0.15, -0.1) is 0 Å². The van der Waals surface area contributed by atoms with Gasteiger partial charge >= 0.3 is 5.97 Å². The number of benzene rings is 2. The number of aromatic nitrogens is 2. The lowest BCUT2D eigenvalue weighted by Gasteiger charge is -2.01. The van der Waals surface area contributed by atoms with Crippen LogP contribution in [0, 0.1) is 0 Å². The summed E-state index contributed by atoms with van der Waals surface area (Å²) < 4.78 is 10.3. The summed E-state index contributed by atoms with van der Waals surface area (Å²) in [5, 5.41) is 13.1. The van der Waals surface area contributed by atoms with Gasteiger partial charge in [-0.1, -0.05) is 29.4 Å². The first-order valence-corrected chi connectivity index (χ1v) is 6.95. The Morgan fingerprint density at radius 1 is 1.17 bits per heavy atom. The molecule has 0 aliphatic carbocycles. The summed E-state index contributed by atoms with van der Waals surface area (Å²) in [5.74, 6) is 0.435. The standard InChI is InChI=1S/C17H14N2O4/c1-22-12-8-6-11(7-9-12)10-15-18-16(23-19-15)13-4-2-3-5-14(13)17(20)21/h2-9H,10H2,1H3,(H,20,21). The predicted octanol–water partition coefficient (Wildman–Crippen LogP) is 3.03. The Hall–Kier alpha value is -3.15. The maximum absolute atomic E-state index is 11.3. The van der Waals surface area contributed by atoms with Crippen molar-refractivity contribution in [2.45, 2.75) is 6.42 Å². The lowest BCUT2D eigenvalue weighted by molar-refractivity contribution is 0.0697. The number of carbonyl (C=O) groups is 1. The molecule has 0 unspecified atom stereocenters. The SMILES string of the molecule is COc1ccc(Cc2noc(-c3ccccc3C(=O)O)n2)cc1. The lowest BCUT2D eigenvalue weighted by atomic mass is 10.1. The number of hydrogen-bond donors (Lipinski definition) is 1. The fourth-order valence-corrected chi connectivity index (χ4v) is 2.22. The Kier molecular flexibility index (Phi) is 4.05. The van der Waals surface area contributed by atoms with E-state index in [1.165, 1.54) is 6.07 Å². The van der Waals surface area contributed by atoms with Crippen LogP contribution in [-0.4, -0.2) is 28.3 Å². The minimum atomic E-state index is -1.03. The first-order chi connectivity index (χ1) is 11.2. The lowest BCUT2D eigenvalue weighted by Crippen LogP contribution is -1.99. The number of methoxy groups -OCH3 is 1. The van der Waals surface area contributed by atoms with Crippen molar-refractivity contribution in [3.05, 3.63) is 65.5 Å². The van der Waals surface area contributed by atoms with Crippen LogP contribution in [0.2, 0.25) is 0 Å². The van der Waals surface area contributed by atoms with Crippen molar-refractivity contribution in [1.82, 2.24) is 10.1 Å². The molecule has 23 heavy (non-hydrogen) atoms. The fourth-order valence-electron chi connectivity index (χ4n) is 2.22. The summed E-state index contributed by atoms with van der Waals surface area (Å²) >= 11 is 0. The summed E-state index contributed by atoms with van der Waals surface area (Å²) in [7, 11) is 1.61. The molecule has 3 aromatic rings. The van der Waals surface area contributed by atoms with Crippen LogP contribution in [0.5, 0.6) is 5.75 Å². The molecule has 0 fully saturated rings. The van der Waals surface area contributed by atoms with Gasteiger partial charge in [0, 0.05) is 6.42 Å². The molecule has 0 atom stereocenters. The number of aromatic carboxylic acids is 1. The largest absolute Gasteiger partial charge is 0.497 e. The summed E-state index contributed by atoms with van der Waals surface area (Å²) in [6, 6.07) is 14.1. The van der Waals surface area contributed by atoms with Gasteiger partial charge in [0.05, 0.1) is 18.2 Å². The zero-order valence-electron chi connectivity index (χ0n) is 12.4. The van der Waals surface area contributed by atoms with E-state index < -0.39 is 5.97 Å². The number of rotatable bonds is 5. The summed E-state index contributed by atoms with van der Waals surface area (Å²) in [4.78, 5) is 15.5. The average Bonchev–Trinajstić information content (AvgIpc) is 3.04. The Bertz CT molecular complexity index is 825. The van der Waals surface area contributed by atoms with Gasteiger partial charge in [0.1, 0.15) is 5.75 Å². The molecule has 6 nitrogen and oxygen atoms in total. The van der Waals surface area contributed by atoms with E-state index in [-0.39, 0.29) is 11.5 Å². The third-order valence-electron chi connectivity index (χ3n) is 3.38. The molecule has 1 N–H and O–H groups in total. The zero-order chi connectivity index (χ0) is 16.2. The molecule has 1 heterocycles. The van der Waals surface area contributed by atoms with Crippen molar-refractivity contribution < 1.29 is 19.2 Å². The van der Waals surface area contributed by atoms with E-state index in [4.69, 9.17) is 9.26 Å². The van der Waals surface area contributed by atoms with E-state index in [9.17, 15) is 9.90 Å². The third kappa shape index (κ3) is 3.21. The van der Waals surface area contributed by atoms with Crippen LogP contribution in [0.4, 0.5) is 0 Å². The Labute approximate surface area is 132 Å². The van der Waals surface area contributed by atoms with Gasteiger partial charge in [0.15, 0.2) is 5.82 Å². The number of hydrogen-bond acceptors (Lipinski definition) is 5. The van der Waals surface area contributed by atoms with E-state index in [1.807, 2.05) is 24.3 Å². The van der Waals surface area contributed by atoms with Crippen LogP contribution in [0.25, 0.3) is 11.5 Å². The molecule has 0 radical (unpaired) electrons. The molecule has 0 bridgehead atoms. The Morgan fingerprint density at radius 2 is 1.91 bits per heavy atom. The molecule has 0 spiro atoms. The van der Waals surface area contributed by atoms with Crippen LogP contribution >= 0.6 is 0 Å². The van der Waals surface area contributed by atoms with E-state index in [0.29, 0.717) is 17.8 Å². The molecular formula is C17H14N2O4. The molecule has 116 valence electrons. The van der Waals surface area contributed by atoms with Gasteiger partial charge in [0.25, 0.3) is 5.89 Å². The highest BCUT2D eigenvalue weighted by molar-refractivity contribution is 5.94.